The first-order valence-electron chi connectivity index (χ1n) is 6.37. The summed E-state index contributed by atoms with van der Waals surface area (Å²) in [6.45, 7) is 7.70. The Morgan fingerprint density at radius 1 is 1.39 bits per heavy atom. The maximum Gasteiger partial charge on any atom is 0.241 e. The summed E-state index contributed by atoms with van der Waals surface area (Å²) >= 11 is 0. The van der Waals surface area contributed by atoms with Crippen LogP contribution in [-0.2, 0) is 10.2 Å². The number of anilines is 1. The molecule has 0 aromatic heterocycles. The van der Waals surface area contributed by atoms with Gasteiger partial charge in [-0.15, -0.1) is 0 Å². The van der Waals surface area contributed by atoms with Crippen LogP contribution in [0.4, 0.5) is 5.69 Å². The van der Waals surface area contributed by atoms with E-state index in [4.69, 9.17) is 0 Å². The fourth-order valence-electron chi connectivity index (χ4n) is 2.58. The lowest BCUT2D eigenvalue weighted by molar-refractivity contribution is -0.119. The number of benzene rings is 1. The molecule has 0 saturated heterocycles. The van der Waals surface area contributed by atoms with Gasteiger partial charge < -0.3 is 9.80 Å². The van der Waals surface area contributed by atoms with E-state index in [2.05, 4.69) is 39.0 Å². The third-order valence-electron chi connectivity index (χ3n) is 3.48. The number of fused-ring (bicyclic) bond motifs is 1. The van der Waals surface area contributed by atoms with Crippen molar-refractivity contribution < 1.29 is 4.79 Å². The summed E-state index contributed by atoms with van der Waals surface area (Å²) in [5, 5.41) is 0. The first-order chi connectivity index (χ1) is 8.31. The van der Waals surface area contributed by atoms with Crippen LogP contribution in [-0.4, -0.2) is 38.0 Å². The highest BCUT2D eigenvalue weighted by molar-refractivity contribution is 5.97. The van der Waals surface area contributed by atoms with Crippen molar-refractivity contribution >= 4 is 11.6 Å². The molecule has 1 heterocycles. The zero-order valence-corrected chi connectivity index (χ0v) is 11.9. The molecule has 3 nitrogen and oxygen atoms in total. The van der Waals surface area contributed by atoms with Gasteiger partial charge in [0.1, 0.15) is 0 Å². The van der Waals surface area contributed by atoms with Gasteiger partial charge in [-0.1, -0.05) is 26.0 Å². The molecule has 0 bridgehead atoms. The van der Waals surface area contributed by atoms with Crippen molar-refractivity contribution in [1.29, 1.82) is 0 Å². The van der Waals surface area contributed by atoms with E-state index >= 15 is 0 Å². The second-order valence-electron chi connectivity index (χ2n) is 6.12. The highest BCUT2D eigenvalue weighted by Gasteiger charge is 2.37. The number of hydrogen-bond donors (Lipinski definition) is 0. The number of aryl methyl sites for hydroxylation is 1. The third-order valence-corrected chi connectivity index (χ3v) is 3.48. The number of likely N-dealkylation sites (N-methyl/N-ethyl adjacent to an activating group) is 1. The van der Waals surface area contributed by atoms with Crippen LogP contribution in [0.5, 0.6) is 0 Å². The molecule has 0 fully saturated rings. The molecule has 1 aromatic carbocycles. The second kappa shape index (κ2) is 4.39. The molecular formula is C15H22N2O. The molecule has 1 aliphatic rings. The van der Waals surface area contributed by atoms with Gasteiger partial charge in [0, 0.05) is 17.6 Å². The van der Waals surface area contributed by atoms with Gasteiger partial charge >= 0.3 is 0 Å². The predicted octanol–water partition coefficient (Wildman–Crippen LogP) is 2.18. The largest absolute Gasteiger partial charge is 0.310 e. The van der Waals surface area contributed by atoms with E-state index in [0.29, 0.717) is 6.54 Å². The van der Waals surface area contributed by atoms with Gasteiger partial charge in [-0.2, -0.15) is 0 Å². The first-order valence-corrected chi connectivity index (χ1v) is 6.37. The Bertz CT molecular complexity index is 477. The Kier molecular flexibility index (Phi) is 3.20. The standard InChI is InChI=1S/C15H22N2O/c1-11-6-7-12-13(8-11)17(10-15(12,2)3)14(18)9-16(4)5/h6-8H,9-10H2,1-5H3. The Morgan fingerprint density at radius 2 is 2.06 bits per heavy atom. The SMILES string of the molecule is Cc1ccc2c(c1)N(C(=O)CN(C)C)CC2(C)C. The van der Waals surface area contributed by atoms with E-state index in [-0.39, 0.29) is 11.3 Å². The molecule has 0 atom stereocenters. The van der Waals surface area contributed by atoms with Gasteiger partial charge in [0.2, 0.25) is 5.91 Å². The summed E-state index contributed by atoms with van der Waals surface area (Å²) in [5.41, 5.74) is 3.62. The Balaban J connectivity index is 2.38. The molecule has 0 radical (unpaired) electrons. The molecule has 0 spiro atoms. The van der Waals surface area contributed by atoms with Gasteiger partial charge in [-0.05, 0) is 38.2 Å². The highest BCUT2D eigenvalue weighted by Crippen LogP contribution is 2.40. The van der Waals surface area contributed by atoms with Crippen LogP contribution in [0.25, 0.3) is 0 Å². The lowest BCUT2D eigenvalue weighted by atomic mass is 9.87. The molecule has 3 heteroatoms. The molecule has 1 aliphatic heterocycles. The summed E-state index contributed by atoms with van der Waals surface area (Å²) < 4.78 is 0. The van der Waals surface area contributed by atoms with Crippen LogP contribution < -0.4 is 4.90 Å². The maximum absolute atomic E-state index is 12.3. The van der Waals surface area contributed by atoms with E-state index in [1.54, 1.807) is 0 Å². The molecular weight excluding hydrogens is 224 g/mol. The highest BCUT2D eigenvalue weighted by atomic mass is 16.2. The lowest BCUT2D eigenvalue weighted by Gasteiger charge is -2.22. The lowest BCUT2D eigenvalue weighted by Crippen LogP contribution is -2.39. The van der Waals surface area contributed by atoms with Crippen molar-refractivity contribution in [1.82, 2.24) is 4.90 Å². The van der Waals surface area contributed by atoms with Crippen molar-refractivity contribution in [3.63, 3.8) is 0 Å². The van der Waals surface area contributed by atoms with Crippen LogP contribution >= 0.6 is 0 Å². The van der Waals surface area contributed by atoms with E-state index < -0.39 is 0 Å². The molecule has 0 aliphatic carbocycles. The van der Waals surface area contributed by atoms with E-state index in [1.165, 1.54) is 11.1 Å². The Hall–Kier alpha value is -1.35. The van der Waals surface area contributed by atoms with Crippen molar-refractivity contribution in [2.24, 2.45) is 0 Å². The summed E-state index contributed by atoms with van der Waals surface area (Å²) in [6, 6.07) is 6.41. The fraction of sp³-hybridized carbons (Fsp3) is 0.533. The van der Waals surface area contributed by atoms with E-state index in [0.717, 1.165) is 12.2 Å². The van der Waals surface area contributed by atoms with Crippen LogP contribution in [0.15, 0.2) is 18.2 Å². The number of carbonyl (C=O) groups excluding carboxylic acids is 1. The van der Waals surface area contributed by atoms with Crippen molar-refractivity contribution in [3.8, 4) is 0 Å². The smallest absolute Gasteiger partial charge is 0.241 e. The molecule has 18 heavy (non-hydrogen) atoms. The number of nitrogens with zero attached hydrogens (tertiary/aromatic N) is 2. The molecule has 98 valence electrons. The van der Waals surface area contributed by atoms with Gasteiger partial charge in [0.25, 0.3) is 0 Å². The molecule has 1 aromatic rings. The predicted molar refractivity (Wildman–Crippen MR) is 75.1 cm³/mol. The Labute approximate surface area is 109 Å². The minimum atomic E-state index is 0.0466. The van der Waals surface area contributed by atoms with Crippen molar-refractivity contribution in [3.05, 3.63) is 29.3 Å². The van der Waals surface area contributed by atoms with Gasteiger partial charge in [-0.3, -0.25) is 4.79 Å². The van der Waals surface area contributed by atoms with E-state index in [1.807, 2.05) is 23.9 Å². The molecule has 0 unspecified atom stereocenters. The third kappa shape index (κ3) is 2.27. The van der Waals surface area contributed by atoms with Gasteiger partial charge in [0.05, 0.1) is 6.54 Å². The zero-order valence-electron chi connectivity index (χ0n) is 11.9. The van der Waals surface area contributed by atoms with Crippen LogP contribution in [0.2, 0.25) is 0 Å². The minimum Gasteiger partial charge on any atom is -0.310 e. The normalized spacial score (nSPS) is 17.1. The first kappa shape index (κ1) is 13.1. The van der Waals surface area contributed by atoms with Gasteiger partial charge in [0.15, 0.2) is 0 Å². The summed E-state index contributed by atoms with van der Waals surface area (Å²) in [7, 11) is 3.85. The Morgan fingerprint density at radius 3 is 2.67 bits per heavy atom. The van der Waals surface area contributed by atoms with Crippen LogP contribution in [0, 0.1) is 6.92 Å². The summed E-state index contributed by atoms with van der Waals surface area (Å²) in [6.07, 6.45) is 0. The zero-order chi connectivity index (χ0) is 13.5. The molecule has 2 rings (SSSR count). The second-order valence-corrected chi connectivity index (χ2v) is 6.12. The van der Waals surface area contributed by atoms with Crippen LogP contribution in [0.3, 0.4) is 0 Å². The maximum atomic E-state index is 12.3. The number of amides is 1. The minimum absolute atomic E-state index is 0.0466. The quantitative estimate of drug-likeness (QED) is 0.798. The van der Waals surface area contributed by atoms with Crippen molar-refractivity contribution in [2.45, 2.75) is 26.2 Å². The topological polar surface area (TPSA) is 23.6 Å². The average molecular weight is 246 g/mol. The van der Waals surface area contributed by atoms with Crippen LogP contribution in [0.1, 0.15) is 25.0 Å². The monoisotopic (exact) mass is 246 g/mol. The summed E-state index contributed by atoms with van der Waals surface area (Å²) in [4.78, 5) is 16.2. The average Bonchev–Trinajstić information content (AvgIpc) is 2.49. The fourth-order valence-corrected chi connectivity index (χ4v) is 2.58. The molecule has 0 saturated carbocycles. The summed E-state index contributed by atoms with van der Waals surface area (Å²) in [5.74, 6) is 0.178. The molecule has 1 amide bonds. The molecule has 0 N–H and O–H groups in total. The number of carbonyl (C=O) groups is 1. The van der Waals surface area contributed by atoms with Gasteiger partial charge in [-0.25, -0.2) is 0 Å². The number of rotatable bonds is 2. The van der Waals surface area contributed by atoms with Crippen molar-refractivity contribution in [2.75, 3.05) is 32.1 Å². The number of hydrogen-bond acceptors (Lipinski definition) is 2. The van der Waals surface area contributed by atoms with E-state index in [9.17, 15) is 4.79 Å².